The van der Waals surface area contributed by atoms with E-state index in [1.165, 1.54) is 0 Å². The van der Waals surface area contributed by atoms with E-state index in [-0.39, 0.29) is 5.91 Å². The molecule has 3 heterocycles. The van der Waals surface area contributed by atoms with Crippen molar-refractivity contribution in [1.82, 2.24) is 25.7 Å². The highest BCUT2D eigenvalue weighted by molar-refractivity contribution is 5.95. The molecule has 0 atom stereocenters. The van der Waals surface area contributed by atoms with E-state index in [0.29, 0.717) is 41.6 Å². The van der Waals surface area contributed by atoms with Crippen LogP contribution in [0.4, 0.5) is 0 Å². The standard InChI is InChI=1S/C22H17N5O3/c28-22(23-13-18-5-2-8-29-18)16-4-1-3-15(11-16)21-25-20(30-27-21)10-14-6-7-19-17(9-14)12-24-26-19/h1-9,11-12H,10,13H2,(H,23,28)(H,24,26). The molecule has 1 amide bonds. The highest BCUT2D eigenvalue weighted by Crippen LogP contribution is 2.20. The van der Waals surface area contributed by atoms with E-state index in [1.807, 2.05) is 30.3 Å². The van der Waals surface area contributed by atoms with Crippen LogP contribution >= 0.6 is 0 Å². The number of fused-ring (bicyclic) bond motifs is 1. The van der Waals surface area contributed by atoms with Crippen molar-refractivity contribution < 1.29 is 13.7 Å². The van der Waals surface area contributed by atoms with Crippen LogP contribution in [0.1, 0.15) is 27.6 Å². The maximum Gasteiger partial charge on any atom is 0.251 e. The number of carbonyl (C=O) groups excluding carboxylic acids is 1. The summed E-state index contributed by atoms with van der Waals surface area (Å²) in [6.45, 7) is 0.323. The number of benzene rings is 2. The fourth-order valence-corrected chi connectivity index (χ4v) is 3.20. The number of hydrogen-bond acceptors (Lipinski definition) is 6. The number of carbonyl (C=O) groups is 1. The average Bonchev–Trinajstić information content (AvgIpc) is 3.53. The number of nitrogens with zero attached hydrogens (tertiary/aromatic N) is 3. The van der Waals surface area contributed by atoms with Gasteiger partial charge in [0.2, 0.25) is 11.7 Å². The number of amides is 1. The maximum absolute atomic E-state index is 12.4. The van der Waals surface area contributed by atoms with Gasteiger partial charge in [0, 0.05) is 16.5 Å². The van der Waals surface area contributed by atoms with Crippen molar-refractivity contribution in [2.24, 2.45) is 0 Å². The van der Waals surface area contributed by atoms with Gasteiger partial charge in [-0.3, -0.25) is 9.89 Å². The van der Waals surface area contributed by atoms with Gasteiger partial charge in [-0.25, -0.2) is 0 Å². The molecule has 0 aliphatic carbocycles. The molecule has 0 saturated carbocycles. The van der Waals surface area contributed by atoms with Gasteiger partial charge in [0.15, 0.2) is 0 Å². The monoisotopic (exact) mass is 399 g/mol. The van der Waals surface area contributed by atoms with Crippen LogP contribution in [0, 0.1) is 0 Å². The molecule has 2 N–H and O–H groups in total. The lowest BCUT2D eigenvalue weighted by Gasteiger charge is -2.04. The molecule has 0 aliphatic rings. The maximum atomic E-state index is 12.4. The molecule has 0 unspecified atom stereocenters. The topological polar surface area (TPSA) is 110 Å². The van der Waals surface area contributed by atoms with E-state index in [2.05, 4.69) is 25.7 Å². The smallest absolute Gasteiger partial charge is 0.251 e. The van der Waals surface area contributed by atoms with Crippen molar-refractivity contribution in [1.29, 1.82) is 0 Å². The third-order valence-electron chi connectivity index (χ3n) is 4.71. The number of aromatic amines is 1. The summed E-state index contributed by atoms with van der Waals surface area (Å²) in [6, 6.07) is 16.7. The van der Waals surface area contributed by atoms with Gasteiger partial charge in [0.1, 0.15) is 5.76 Å². The third-order valence-corrected chi connectivity index (χ3v) is 4.71. The predicted octanol–water partition coefficient (Wildman–Crippen LogP) is 3.73. The largest absolute Gasteiger partial charge is 0.467 e. The Hall–Kier alpha value is -4.20. The van der Waals surface area contributed by atoms with Crippen molar-refractivity contribution in [3.8, 4) is 11.4 Å². The molecule has 8 heteroatoms. The fraction of sp³-hybridized carbons (Fsp3) is 0.0909. The first-order valence-corrected chi connectivity index (χ1v) is 9.40. The number of H-pyrrole nitrogens is 1. The van der Waals surface area contributed by atoms with Gasteiger partial charge in [-0.2, -0.15) is 10.1 Å². The summed E-state index contributed by atoms with van der Waals surface area (Å²) in [5, 5.41) is 14.9. The second-order valence-electron chi connectivity index (χ2n) is 6.82. The molecule has 0 bridgehead atoms. The fourth-order valence-electron chi connectivity index (χ4n) is 3.20. The van der Waals surface area contributed by atoms with Crippen LogP contribution in [0.3, 0.4) is 0 Å². The Labute approximate surface area is 170 Å². The number of aromatic nitrogens is 4. The van der Waals surface area contributed by atoms with E-state index < -0.39 is 0 Å². The van der Waals surface area contributed by atoms with Crippen LogP contribution in [0.2, 0.25) is 0 Å². The number of furan rings is 1. The average molecular weight is 399 g/mol. The highest BCUT2D eigenvalue weighted by Gasteiger charge is 2.13. The summed E-state index contributed by atoms with van der Waals surface area (Å²) in [7, 11) is 0. The first kappa shape index (κ1) is 17.9. The summed E-state index contributed by atoms with van der Waals surface area (Å²) in [4.78, 5) is 16.9. The number of nitrogens with one attached hydrogen (secondary N) is 2. The lowest BCUT2D eigenvalue weighted by atomic mass is 10.1. The number of hydrogen-bond donors (Lipinski definition) is 2. The molecule has 0 saturated heterocycles. The Balaban J connectivity index is 1.30. The minimum atomic E-state index is -0.203. The van der Waals surface area contributed by atoms with Gasteiger partial charge < -0.3 is 14.3 Å². The molecule has 3 aromatic heterocycles. The van der Waals surface area contributed by atoms with Gasteiger partial charge in [0.25, 0.3) is 5.91 Å². The summed E-state index contributed by atoms with van der Waals surface area (Å²) < 4.78 is 10.6. The van der Waals surface area contributed by atoms with Gasteiger partial charge >= 0.3 is 0 Å². The molecule has 0 fully saturated rings. The predicted molar refractivity (Wildman–Crippen MR) is 109 cm³/mol. The Morgan fingerprint density at radius 1 is 1.10 bits per heavy atom. The van der Waals surface area contributed by atoms with Crippen molar-refractivity contribution in [2.45, 2.75) is 13.0 Å². The van der Waals surface area contributed by atoms with E-state index in [0.717, 1.165) is 16.5 Å². The zero-order valence-electron chi connectivity index (χ0n) is 15.8. The Bertz CT molecular complexity index is 1300. The molecule has 0 spiro atoms. The van der Waals surface area contributed by atoms with Crippen molar-refractivity contribution in [3.63, 3.8) is 0 Å². The van der Waals surface area contributed by atoms with Gasteiger partial charge in [0.05, 0.1) is 30.9 Å². The van der Waals surface area contributed by atoms with Crippen molar-refractivity contribution >= 4 is 16.8 Å². The highest BCUT2D eigenvalue weighted by atomic mass is 16.5. The van der Waals surface area contributed by atoms with Crippen molar-refractivity contribution in [3.05, 3.63) is 89.8 Å². The third kappa shape index (κ3) is 3.70. The molecule has 8 nitrogen and oxygen atoms in total. The second kappa shape index (κ2) is 7.67. The Morgan fingerprint density at radius 3 is 2.97 bits per heavy atom. The summed E-state index contributed by atoms with van der Waals surface area (Å²) in [6.07, 6.45) is 3.86. The lowest BCUT2D eigenvalue weighted by Crippen LogP contribution is -2.22. The molecule has 0 radical (unpaired) electrons. The van der Waals surface area contributed by atoms with Crippen LogP contribution < -0.4 is 5.32 Å². The first-order valence-electron chi connectivity index (χ1n) is 9.40. The van der Waals surface area contributed by atoms with Crippen LogP contribution in [0.15, 0.2) is 76.0 Å². The molecular weight excluding hydrogens is 382 g/mol. The summed E-state index contributed by atoms with van der Waals surface area (Å²) in [5.41, 5.74) is 3.24. The van der Waals surface area contributed by atoms with E-state index in [1.54, 1.807) is 36.7 Å². The molecule has 0 aliphatic heterocycles. The minimum Gasteiger partial charge on any atom is -0.467 e. The second-order valence-corrected chi connectivity index (χ2v) is 6.82. The van der Waals surface area contributed by atoms with Gasteiger partial charge in [-0.05, 0) is 42.0 Å². The van der Waals surface area contributed by atoms with Crippen LogP contribution in [0.5, 0.6) is 0 Å². The van der Waals surface area contributed by atoms with Gasteiger partial charge in [-0.15, -0.1) is 0 Å². The molecule has 5 rings (SSSR count). The minimum absolute atomic E-state index is 0.203. The summed E-state index contributed by atoms with van der Waals surface area (Å²) >= 11 is 0. The van der Waals surface area contributed by atoms with E-state index in [4.69, 9.17) is 8.94 Å². The molecule has 5 aromatic rings. The van der Waals surface area contributed by atoms with Crippen LogP contribution in [0.25, 0.3) is 22.3 Å². The number of rotatable bonds is 6. The SMILES string of the molecule is O=C(NCc1ccco1)c1cccc(-c2noc(Cc3ccc4[nH]ncc4c3)n2)c1. The Morgan fingerprint density at radius 2 is 2.07 bits per heavy atom. The van der Waals surface area contributed by atoms with Crippen LogP contribution in [-0.4, -0.2) is 26.2 Å². The summed E-state index contributed by atoms with van der Waals surface area (Å²) in [5.74, 6) is 1.43. The van der Waals surface area contributed by atoms with Gasteiger partial charge in [-0.1, -0.05) is 23.4 Å². The zero-order valence-corrected chi connectivity index (χ0v) is 15.8. The van der Waals surface area contributed by atoms with Crippen molar-refractivity contribution in [2.75, 3.05) is 0 Å². The molecular formula is C22H17N5O3. The molecule has 2 aromatic carbocycles. The van der Waals surface area contributed by atoms with Crippen LogP contribution in [-0.2, 0) is 13.0 Å². The first-order chi connectivity index (χ1) is 14.7. The molecule has 30 heavy (non-hydrogen) atoms. The Kier molecular flexibility index (Phi) is 4.57. The molecule has 148 valence electrons. The van der Waals surface area contributed by atoms with E-state index in [9.17, 15) is 4.79 Å². The lowest BCUT2D eigenvalue weighted by molar-refractivity contribution is 0.0948. The van der Waals surface area contributed by atoms with E-state index >= 15 is 0 Å². The normalized spacial score (nSPS) is 11.1. The quantitative estimate of drug-likeness (QED) is 0.450. The zero-order chi connectivity index (χ0) is 20.3.